The van der Waals surface area contributed by atoms with E-state index in [9.17, 15) is 0 Å². The largest absolute Gasteiger partial charge is 0.506 e. The first-order chi connectivity index (χ1) is 3.80. The van der Waals surface area contributed by atoms with Crippen LogP contribution in [0.25, 0.3) is 0 Å². The molecular weight excluding hydrogens is 102 g/mol. The van der Waals surface area contributed by atoms with Crippen molar-refractivity contribution in [2.75, 3.05) is 0 Å². The average molecular weight is 108 g/mol. The molecule has 0 aromatic carbocycles. The second kappa shape index (κ2) is 1.82. The van der Waals surface area contributed by atoms with E-state index in [2.05, 4.69) is 11.1 Å². The molecule has 1 aromatic heterocycles. The maximum Gasteiger partial charge on any atom is 0.137 e. The predicted molar refractivity (Wildman–Crippen MR) is 29.5 cm³/mol. The van der Waals surface area contributed by atoms with Gasteiger partial charge in [-0.15, -0.1) is 0 Å². The lowest BCUT2D eigenvalue weighted by atomic mass is 10.3. The number of aryl methyl sites for hydroxylation is 1. The van der Waals surface area contributed by atoms with E-state index < -0.39 is 0 Å². The van der Waals surface area contributed by atoms with Crippen LogP contribution in [0.5, 0.6) is 5.75 Å². The molecule has 1 radical (unpaired) electrons. The minimum Gasteiger partial charge on any atom is -0.506 e. The van der Waals surface area contributed by atoms with Gasteiger partial charge in [0.1, 0.15) is 5.75 Å². The molecule has 2 nitrogen and oxygen atoms in total. The Morgan fingerprint density at radius 2 is 2.50 bits per heavy atom. The van der Waals surface area contributed by atoms with Gasteiger partial charge in [0.15, 0.2) is 0 Å². The second-order valence-corrected chi connectivity index (χ2v) is 1.54. The molecule has 41 valence electrons. The van der Waals surface area contributed by atoms with E-state index in [0.717, 1.165) is 0 Å². The topological polar surface area (TPSA) is 33.1 Å². The first-order valence-corrected chi connectivity index (χ1v) is 2.32. The van der Waals surface area contributed by atoms with Gasteiger partial charge in [-0.1, -0.05) is 0 Å². The smallest absolute Gasteiger partial charge is 0.137 e. The van der Waals surface area contributed by atoms with Crippen LogP contribution in [0.15, 0.2) is 12.3 Å². The molecular formula is C6H6NO. The van der Waals surface area contributed by atoms with Crippen molar-refractivity contribution < 1.29 is 5.11 Å². The summed E-state index contributed by atoms with van der Waals surface area (Å²) in [5.74, 6) is 0.201. The van der Waals surface area contributed by atoms with Crippen LogP contribution in [0, 0.1) is 13.0 Å². The molecule has 0 spiro atoms. The standard InChI is InChI=1S/C6H6NO/c1-5-6(8)3-2-4-7-5/h3-4,8H,1H3. The Bertz CT molecular complexity index is 165. The minimum atomic E-state index is 0.201. The van der Waals surface area contributed by atoms with Gasteiger partial charge in [-0.25, -0.2) is 0 Å². The van der Waals surface area contributed by atoms with Crippen molar-refractivity contribution in [3.05, 3.63) is 24.0 Å². The molecule has 8 heavy (non-hydrogen) atoms. The highest BCUT2D eigenvalue weighted by Gasteiger charge is 1.89. The molecule has 1 rings (SSSR count). The van der Waals surface area contributed by atoms with Crippen molar-refractivity contribution in [1.82, 2.24) is 4.98 Å². The lowest BCUT2D eigenvalue weighted by molar-refractivity contribution is 0.467. The molecule has 0 aliphatic heterocycles. The Labute approximate surface area is 47.8 Å². The van der Waals surface area contributed by atoms with Crippen LogP contribution in [0.3, 0.4) is 0 Å². The summed E-state index contributed by atoms with van der Waals surface area (Å²) in [6.07, 6.45) is 1.52. The average Bonchev–Trinajstić information content (AvgIpc) is 1.77. The summed E-state index contributed by atoms with van der Waals surface area (Å²) in [5.41, 5.74) is 0.642. The highest BCUT2D eigenvalue weighted by molar-refractivity contribution is 5.22. The number of pyridine rings is 1. The fourth-order valence-corrected chi connectivity index (χ4v) is 0.421. The van der Waals surface area contributed by atoms with E-state index in [4.69, 9.17) is 5.11 Å². The highest BCUT2D eigenvalue weighted by atomic mass is 16.3. The third kappa shape index (κ3) is 0.780. The number of hydrogen-bond acceptors (Lipinski definition) is 2. The number of aromatic hydroxyl groups is 1. The van der Waals surface area contributed by atoms with Gasteiger partial charge in [-0.2, -0.15) is 0 Å². The Kier molecular flexibility index (Phi) is 1.16. The van der Waals surface area contributed by atoms with Crippen molar-refractivity contribution in [2.45, 2.75) is 6.92 Å². The third-order valence-electron chi connectivity index (χ3n) is 0.923. The van der Waals surface area contributed by atoms with Crippen LogP contribution in [0.2, 0.25) is 0 Å². The zero-order valence-electron chi connectivity index (χ0n) is 4.55. The van der Waals surface area contributed by atoms with Gasteiger partial charge in [0.25, 0.3) is 0 Å². The van der Waals surface area contributed by atoms with E-state index in [-0.39, 0.29) is 5.75 Å². The fraction of sp³-hybridized carbons (Fsp3) is 0.167. The van der Waals surface area contributed by atoms with Gasteiger partial charge >= 0.3 is 0 Å². The van der Waals surface area contributed by atoms with Gasteiger partial charge in [0.05, 0.1) is 5.69 Å². The van der Waals surface area contributed by atoms with Crippen LogP contribution in [-0.4, -0.2) is 10.1 Å². The molecule has 0 unspecified atom stereocenters. The molecule has 2 heteroatoms. The Balaban J connectivity index is 3.13. The van der Waals surface area contributed by atoms with Gasteiger partial charge in [0, 0.05) is 12.3 Å². The summed E-state index contributed by atoms with van der Waals surface area (Å²) in [4.78, 5) is 3.77. The molecule has 1 aromatic rings. The fourth-order valence-electron chi connectivity index (χ4n) is 0.421. The Hall–Kier alpha value is -1.05. The third-order valence-corrected chi connectivity index (χ3v) is 0.923. The molecule has 0 saturated heterocycles. The lowest BCUT2D eigenvalue weighted by Gasteiger charge is -1.90. The van der Waals surface area contributed by atoms with E-state index in [1.807, 2.05) is 0 Å². The molecule has 1 heterocycles. The van der Waals surface area contributed by atoms with Crippen LogP contribution in [0.1, 0.15) is 5.69 Å². The zero-order chi connectivity index (χ0) is 5.98. The number of aromatic nitrogens is 1. The molecule has 1 N–H and O–H groups in total. The summed E-state index contributed by atoms with van der Waals surface area (Å²) < 4.78 is 0. The van der Waals surface area contributed by atoms with Gasteiger partial charge in [0.2, 0.25) is 0 Å². The van der Waals surface area contributed by atoms with E-state index in [1.54, 1.807) is 6.92 Å². The summed E-state index contributed by atoms with van der Waals surface area (Å²) in [6.45, 7) is 1.74. The molecule has 0 atom stereocenters. The summed E-state index contributed by atoms with van der Waals surface area (Å²) in [7, 11) is 0. The van der Waals surface area contributed by atoms with E-state index in [1.165, 1.54) is 12.3 Å². The summed E-state index contributed by atoms with van der Waals surface area (Å²) in [5, 5.41) is 8.83. The Morgan fingerprint density at radius 1 is 1.75 bits per heavy atom. The van der Waals surface area contributed by atoms with E-state index >= 15 is 0 Å². The summed E-state index contributed by atoms with van der Waals surface area (Å²) >= 11 is 0. The molecule has 0 aliphatic rings. The molecule has 0 aliphatic carbocycles. The van der Waals surface area contributed by atoms with Gasteiger partial charge in [-0.3, -0.25) is 4.98 Å². The van der Waals surface area contributed by atoms with Crippen molar-refractivity contribution in [2.24, 2.45) is 0 Å². The molecule has 0 saturated carbocycles. The monoisotopic (exact) mass is 108 g/mol. The molecule has 0 fully saturated rings. The maximum absolute atomic E-state index is 8.83. The van der Waals surface area contributed by atoms with Crippen LogP contribution >= 0.6 is 0 Å². The SMILES string of the molecule is Cc1nc[c]cc1O. The predicted octanol–water partition coefficient (Wildman–Crippen LogP) is 0.896. The molecule has 0 amide bonds. The number of rotatable bonds is 0. The maximum atomic E-state index is 8.83. The van der Waals surface area contributed by atoms with Crippen molar-refractivity contribution in [3.8, 4) is 5.75 Å². The quantitative estimate of drug-likeness (QED) is 0.535. The van der Waals surface area contributed by atoms with Crippen LogP contribution in [-0.2, 0) is 0 Å². The van der Waals surface area contributed by atoms with Crippen LogP contribution < -0.4 is 0 Å². The highest BCUT2D eigenvalue weighted by Crippen LogP contribution is 2.08. The first kappa shape index (κ1) is 5.09. The van der Waals surface area contributed by atoms with Gasteiger partial charge < -0.3 is 5.11 Å². The number of nitrogens with zero attached hydrogens (tertiary/aromatic N) is 1. The Morgan fingerprint density at radius 3 is 2.88 bits per heavy atom. The normalized spacial score (nSPS) is 9.12. The molecule has 0 bridgehead atoms. The summed E-state index contributed by atoms with van der Waals surface area (Å²) in [6, 6.07) is 4.13. The minimum absolute atomic E-state index is 0.201. The second-order valence-electron chi connectivity index (χ2n) is 1.54. The lowest BCUT2D eigenvalue weighted by Crippen LogP contribution is -1.77. The van der Waals surface area contributed by atoms with Crippen molar-refractivity contribution >= 4 is 0 Å². The van der Waals surface area contributed by atoms with Crippen molar-refractivity contribution in [3.63, 3.8) is 0 Å². The van der Waals surface area contributed by atoms with E-state index in [0.29, 0.717) is 5.69 Å². The zero-order valence-corrected chi connectivity index (χ0v) is 4.55. The van der Waals surface area contributed by atoms with Crippen LogP contribution in [0.4, 0.5) is 0 Å². The van der Waals surface area contributed by atoms with Gasteiger partial charge in [-0.05, 0) is 13.0 Å². The van der Waals surface area contributed by atoms with Crippen molar-refractivity contribution in [1.29, 1.82) is 0 Å². The number of hydrogen-bond donors (Lipinski definition) is 1. The first-order valence-electron chi connectivity index (χ1n) is 2.32.